The largest absolute Gasteiger partial charge is 0.419 e. The first-order valence-electron chi connectivity index (χ1n) is 5.05. The van der Waals surface area contributed by atoms with E-state index in [9.17, 15) is 17.6 Å². The fraction of sp³-hybridized carbons (Fsp3) is 0.364. The normalized spacial score (nSPS) is 12.6. The molecule has 0 saturated heterocycles. The zero-order valence-corrected chi connectivity index (χ0v) is 9.19. The molecule has 1 aromatic carbocycles. The average Bonchev–Trinajstić information content (AvgIpc) is 2.57. The molecule has 0 saturated carbocycles. The van der Waals surface area contributed by atoms with E-state index in [1.54, 1.807) is 0 Å². The summed E-state index contributed by atoms with van der Waals surface area (Å²) in [4.78, 5) is 6.79. The Balaban J connectivity index is 2.64. The van der Waals surface area contributed by atoms with Crippen LogP contribution in [0.5, 0.6) is 0 Å². The minimum Gasteiger partial charge on any atom is -0.342 e. The zero-order valence-electron chi connectivity index (χ0n) is 9.19. The molecular weight excluding hydrogens is 236 g/mol. The van der Waals surface area contributed by atoms with Gasteiger partial charge >= 0.3 is 6.18 Å². The summed E-state index contributed by atoms with van der Waals surface area (Å²) in [5.41, 5.74) is -0.870. The molecule has 0 spiro atoms. The molecule has 1 aromatic heterocycles. The topological polar surface area (TPSA) is 28.7 Å². The lowest BCUT2D eigenvalue weighted by atomic mass is 10.2. The Morgan fingerprint density at radius 2 is 1.88 bits per heavy atom. The van der Waals surface area contributed by atoms with Gasteiger partial charge in [0, 0.05) is 12.0 Å². The minimum absolute atomic E-state index is 0.0415. The number of alkyl halides is 3. The monoisotopic (exact) mass is 246 g/mol. The Morgan fingerprint density at radius 1 is 1.24 bits per heavy atom. The Labute approximate surface area is 94.7 Å². The van der Waals surface area contributed by atoms with Gasteiger partial charge in [0.05, 0.1) is 16.6 Å². The molecule has 0 atom stereocenters. The highest BCUT2D eigenvalue weighted by Gasteiger charge is 2.34. The standard InChI is InChI=1S/C11H10F4N2/c1-5(2)10-16-8-3-6(11(13,14)15)7(12)4-9(8)17-10/h3-5H,1-2H3,(H,16,17). The number of halogens is 4. The Kier molecular flexibility index (Phi) is 2.60. The summed E-state index contributed by atoms with van der Waals surface area (Å²) in [6.45, 7) is 3.69. The first-order valence-corrected chi connectivity index (χ1v) is 5.05. The van der Waals surface area contributed by atoms with Crippen LogP contribution in [0.4, 0.5) is 17.6 Å². The molecule has 0 bridgehead atoms. The van der Waals surface area contributed by atoms with Gasteiger partial charge in [0.1, 0.15) is 11.6 Å². The van der Waals surface area contributed by atoms with Crippen molar-refractivity contribution in [3.8, 4) is 0 Å². The molecule has 0 unspecified atom stereocenters. The van der Waals surface area contributed by atoms with E-state index in [4.69, 9.17) is 0 Å². The van der Waals surface area contributed by atoms with Crippen molar-refractivity contribution in [3.63, 3.8) is 0 Å². The van der Waals surface area contributed by atoms with Gasteiger partial charge in [-0.2, -0.15) is 13.2 Å². The molecule has 0 aliphatic rings. The number of nitrogens with zero attached hydrogens (tertiary/aromatic N) is 1. The SMILES string of the molecule is CC(C)c1nc2cc(F)c(C(F)(F)F)cc2[nH]1. The van der Waals surface area contributed by atoms with Crippen molar-refractivity contribution in [2.75, 3.05) is 0 Å². The molecule has 1 N–H and O–H groups in total. The molecular formula is C11H10F4N2. The van der Waals surface area contributed by atoms with E-state index in [1.165, 1.54) is 0 Å². The van der Waals surface area contributed by atoms with Crippen LogP contribution >= 0.6 is 0 Å². The third kappa shape index (κ3) is 2.11. The van der Waals surface area contributed by atoms with E-state index in [1.807, 2.05) is 13.8 Å². The van der Waals surface area contributed by atoms with Gasteiger partial charge in [-0.1, -0.05) is 13.8 Å². The van der Waals surface area contributed by atoms with Crippen LogP contribution in [-0.4, -0.2) is 9.97 Å². The van der Waals surface area contributed by atoms with E-state index in [-0.39, 0.29) is 17.0 Å². The molecule has 2 nitrogen and oxygen atoms in total. The molecule has 0 radical (unpaired) electrons. The molecule has 0 fully saturated rings. The van der Waals surface area contributed by atoms with Gasteiger partial charge < -0.3 is 4.98 Å². The molecule has 6 heteroatoms. The van der Waals surface area contributed by atoms with E-state index in [0.717, 1.165) is 12.1 Å². The number of H-pyrrole nitrogens is 1. The highest BCUT2D eigenvalue weighted by molar-refractivity contribution is 5.76. The zero-order chi connectivity index (χ0) is 12.8. The van der Waals surface area contributed by atoms with Crippen molar-refractivity contribution in [1.29, 1.82) is 0 Å². The maximum Gasteiger partial charge on any atom is 0.419 e. The number of aromatic nitrogens is 2. The molecule has 17 heavy (non-hydrogen) atoms. The van der Waals surface area contributed by atoms with Crippen LogP contribution in [0, 0.1) is 5.82 Å². The number of fused-ring (bicyclic) bond motifs is 1. The van der Waals surface area contributed by atoms with Crippen LogP contribution in [0.3, 0.4) is 0 Å². The summed E-state index contributed by atoms with van der Waals surface area (Å²) in [6.07, 6.45) is -4.69. The van der Waals surface area contributed by atoms with E-state index in [2.05, 4.69) is 9.97 Å². The van der Waals surface area contributed by atoms with Crippen LogP contribution in [0.15, 0.2) is 12.1 Å². The summed E-state index contributed by atoms with van der Waals surface area (Å²) in [7, 11) is 0. The third-order valence-electron chi connectivity index (χ3n) is 2.44. The van der Waals surface area contributed by atoms with E-state index < -0.39 is 17.6 Å². The Hall–Kier alpha value is -1.59. The number of hydrogen-bond acceptors (Lipinski definition) is 1. The van der Waals surface area contributed by atoms with Gasteiger partial charge in [-0.05, 0) is 6.07 Å². The smallest absolute Gasteiger partial charge is 0.342 e. The van der Waals surface area contributed by atoms with Gasteiger partial charge in [0.25, 0.3) is 0 Å². The van der Waals surface area contributed by atoms with Crippen molar-refractivity contribution < 1.29 is 17.6 Å². The fourth-order valence-electron chi connectivity index (χ4n) is 1.54. The second-order valence-corrected chi connectivity index (χ2v) is 4.12. The van der Waals surface area contributed by atoms with Crippen LogP contribution in [0.2, 0.25) is 0 Å². The molecule has 2 aromatic rings. The second-order valence-electron chi connectivity index (χ2n) is 4.12. The maximum atomic E-state index is 13.3. The van der Waals surface area contributed by atoms with Gasteiger partial charge in [-0.15, -0.1) is 0 Å². The van der Waals surface area contributed by atoms with Crippen molar-refractivity contribution in [2.24, 2.45) is 0 Å². The summed E-state index contributed by atoms with van der Waals surface area (Å²) in [5.74, 6) is -0.717. The lowest BCUT2D eigenvalue weighted by Crippen LogP contribution is -2.07. The van der Waals surface area contributed by atoms with Crippen LogP contribution in [-0.2, 0) is 6.18 Å². The molecule has 0 aliphatic carbocycles. The highest BCUT2D eigenvalue weighted by Crippen LogP contribution is 2.33. The quantitative estimate of drug-likeness (QED) is 0.761. The van der Waals surface area contributed by atoms with E-state index in [0.29, 0.717) is 5.82 Å². The summed E-state index contributed by atoms with van der Waals surface area (Å²) in [5, 5.41) is 0. The number of hydrogen-bond donors (Lipinski definition) is 1. The molecule has 2 rings (SSSR count). The molecule has 0 amide bonds. The summed E-state index contributed by atoms with van der Waals surface area (Å²) >= 11 is 0. The van der Waals surface area contributed by atoms with Gasteiger partial charge in [0.2, 0.25) is 0 Å². The molecule has 1 heterocycles. The second kappa shape index (κ2) is 3.72. The van der Waals surface area contributed by atoms with Crippen molar-refractivity contribution in [2.45, 2.75) is 25.9 Å². The number of imidazole rings is 1. The number of benzene rings is 1. The Bertz CT molecular complexity index is 554. The average molecular weight is 246 g/mol. The summed E-state index contributed by atoms with van der Waals surface area (Å²) in [6, 6.07) is 1.56. The summed E-state index contributed by atoms with van der Waals surface area (Å²) < 4.78 is 50.7. The van der Waals surface area contributed by atoms with Crippen molar-refractivity contribution in [3.05, 3.63) is 29.3 Å². The highest BCUT2D eigenvalue weighted by atomic mass is 19.4. The third-order valence-corrected chi connectivity index (χ3v) is 2.44. The number of aromatic amines is 1. The lowest BCUT2D eigenvalue weighted by Gasteiger charge is -2.07. The first kappa shape index (κ1) is 11.9. The lowest BCUT2D eigenvalue weighted by molar-refractivity contribution is -0.139. The van der Waals surface area contributed by atoms with Gasteiger partial charge in [0.15, 0.2) is 0 Å². The maximum absolute atomic E-state index is 13.3. The number of nitrogens with one attached hydrogen (secondary N) is 1. The minimum atomic E-state index is -4.69. The Morgan fingerprint density at radius 3 is 2.41 bits per heavy atom. The van der Waals surface area contributed by atoms with Crippen molar-refractivity contribution in [1.82, 2.24) is 9.97 Å². The van der Waals surface area contributed by atoms with Crippen LogP contribution < -0.4 is 0 Å². The predicted molar refractivity (Wildman–Crippen MR) is 55.1 cm³/mol. The predicted octanol–water partition coefficient (Wildman–Crippen LogP) is 3.84. The first-order chi connectivity index (χ1) is 7.79. The molecule has 0 aliphatic heterocycles. The molecule has 92 valence electrons. The van der Waals surface area contributed by atoms with Crippen LogP contribution in [0.25, 0.3) is 11.0 Å². The van der Waals surface area contributed by atoms with Gasteiger partial charge in [-0.3, -0.25) is 0 Å². The fourth-order valence-corrected chi connectivity index (χ4v) is 1.54. The van der Waals surface area contributed by atoms with Gasteiger partial charge in [-0.25, -0.2) is 9.37 Å². The van der Waals surface area contributed by atoms with Crippen molar-refractivity contribution >= 4 is 11.0 Å². The van der Waals surface area contributed by atoms with E-state index >= 15 is 0 Å². The number of rotatable bonds is 1. The van der Waals surface area contributed by atoms with Crippen LogP contribution in [0.1, 0.15) is 31.2 Å².